The average molecular weight is 1100 g/mol. The lowest BCUT2D eigenvalue weighted by Gasteiger charge is -2.26. The highest BCUT2D eigenvalue weighted by molar-refractivity contribution is 5.70. The Labute approximate surface area is 485 Å². The van der Waals surface area contributed by atoms with Crippen molar-refractivity contribution in [3.63, 3.8) is 0 Å². The molecule has 0 spiro atoms. The molecule has 79 heavy (non-hydrogen) atoms. The van der Waals surface area contributed by atoms with Crippen molar-refractivity contribution in [3.05, 3.63) is 109 Å². The number of allylic oxidation sites excluding steroid dienone is 18. The molecule has 2 unspecified atom stereocenters. The van der Waals surface area contributed by atoms with E-state index in [2.05, 4.69) is 111 Å². The number of quaternary nitrogens is 1. The summed E-state index contributed by atoms with van der Waals surface area (Å²) in [5.41, 5.74) is 0. The molecule has 0 aliphatic carbocycles. The number of nitrogens with zero attached hydrogens (tertiary/aromatic N) is 1. The maximum absolute atomic E-state index is 12.9. The third-order valence-electron chi connectivity index (χ3n) is 13.5. The van der Waals surface area contributed by atoms with E-state index < -0.39 is 30.3 Å². The van der Waals surface area contributed by atoms with Crippen molar-refractivity contribution in [1.82, 2.24) is 0 Å². The van der Waals surface area contributed by atoms with Crippen molar-refractivity contribution in [2.24, 2.45) is 0 Å². The van der Waals surface area contributed by atoms with Gasteiger partial charge in [0.25, 0.3) is 0 Å². The standard InChI is InChI=1S/C70H119NO8/c1-6-8-10-12-14-16-18-20-21-22-23-24-25-26-27-28-29-30-31-32-33-34-35-36-37-38-39-40-41-42-43-44-45-46-47-49-51-53-55-57-59-61-68(73)79-66(65-78-70(69(74)75)76-63-62-71(3,4)5)64-77-67(72)60-58-56-54-52-50-48-19-17-15-13-11-9-7-2/h8-11,14-17,20-21,23-24,26-27,48,50,54,56,66,70H,6-7,12-13,18-19,22,25,28-47,49,51-53,55,57-65H2,1-5H3/b10-8-,11-9-,16-14-,17-15-,21-20-,24-23-,27-26-,50-48-,56-54-. The molecule has 2 atom stereocenters. The molecule has 0 bridgehead atoms. The Morgan fingerprint density at radius 3 is 1.06 bits per heavy atom. The highest BCUT2D eigenvalue weighted by Crippen LogP contribution is 2.17. The number of ether oxygens (including phenoxy) is 4. The van der Waals surface area contributed by atoms with E-state index in [1.54, 1.807) is 0 Å². The average Bonchev–Trinajstić information content (AvgIpc) is 3.42. The van der Waals surface area contributed by atoms with Crippen molar-refractivity contribution < 1.29 is 42.9 Å². The molecule has 0 rings (SSSR count). The van der Waals surface area contributed by atoms with Crippen molar-refractivity contribution >= 4 is 17.9 Å². The van der Waals surface area contributed by atoms with Crippen LogP contribution in [0.4, 0.5) is 0 Å². The van der Waals surface area contributed by atoms with Crippen molar-refractivity contribution in [2.45, 2.75) is 270 Å². The summed E-state index contributed by atoms with van der Waals surface area (Å²) in [6, 6.07) is 0. The van der Waals surface area contributed by atoms with Gasteiger partial charge in [-0.2, -0.15) is 0 Å². The van der Waals surface area contributed by atoms with E-state index in [0.717, 1.165) is 77.0 Å². The van der Waals surface area contributed by atoms with Gasteiger partial charge in [-0.05, 0) is 83.5 Å². The van der Waals surface area contributed by atoms with Crippen molar-refractivity contribution in [3.8, 4) is 0 Å². The first-order valence-electron chi connectivity index (χ1n) is 32.0. The molecule has 0 aromatic carbocycles. The number of rotatable bonds is 58. The van der Waals surface area contributed by atoms with Gasteiger partial charge in [0.2, 0.25) is 0 Å². The van der Waals surface area contributed by atoms with Crippen LogP contribution in [0, 0.1) is 0 Å². The molecule has 0 saturated heterocycles. The number of hydrogen-bond donors (Lipinski definition) is 0. The molecular formula is C70H119NO8. The highest BCUT2D eigenvalue weighted by Gasteiger charge is 2.22. The first kappa shape index (κ1) is 75.0. The number of unbranched alkanes of at least 4 members (excludes halogenated alkanes) is 25. The van der Waals surface area contributed by atoms with Gasteiger partial charge < -0.3 is 33.3 Å². The van der Waals surface area contributed by atoms with E-state index >= 15 is 0 Å². The SMILES string of the molecule is CC/C=C\C/C=C\C/C=C\C/C=C\C/C=C\CCCCCCCCCCCCCCCCCCCCCCCCCCCC(=O)OC(COC(=O)CC/C=C\C/C=C\C/C=C\C/C=C\CC)COC(OCC[N+](C)(C)C)C(=O)[O-]. The van der Waals surface area contributed by atoms with Gasteiger partial charge in [0, 0.05) is 12.8 Å². The van der Waals surface area contributed by atoms with Crippen LogP contribution in [-0.2, 0) is 33.3 Å². The van der Waals surface area contributed by atoms with Gasteiger partial charge in [-0.25, -0.2) is 0 Å². The first-order chi connectivity index (χ1) is 38.6. The molecule has 0 radical (unpaired) electrons. The van der Waals surface area contributed by atoms with Crippen molar-refractivity contribution in [2.75, 3.05) is 47.5 Å². The Balaban J connectivity index is 3.96. The summed E-state index contributed by atoms with van der Waals surface area (Å²) < 4.78 is 22.6. The Bertz CT molecular complexity index is 1660. The third-order valence-corrected chi connectivity index (χ3v) is 13.5. The van der Waals surface area contributed by atoms with E-state index in [-0.39, 0.29) is 32.7 Å². The van der Waals surface area contributed by atoms with Gasteiger partial charge in [0.05, 0.1) is 40.3 Å². The molecule has 0 aliphatic rings. The molecule has 0 aromatic rings. The molecule has 452 valence electrons. The molecule has 0 aliphatic heterocycles. The minimum absolute atomic E-state index is 0.135. The summed E-state index contributed by atoms with van der Waals surface area (Å²) in [4.78, 5) is 37.2. The second kappa shape index (κ2) is 60.1. The number of carboxylic acid groups (broad SMARTS) is 1. The lowest BCUT2D eigenvalue weighted by molar-refractivity contribution is -0.870. The van der Waals surface area contributed by atoms with E-state index in [4.69, 9.17) is 18.9 Å². The predicted octanol–water partition coefficient (Wildman–Crippen LogP) is 18.1. The zero-order chi connectivity index (χ0) is 57.6. The molecule has 0 saturated carbocycles. The van der Waals surface area contributed by atoms with Crippen LogP contribution in [-0.4, -0.2) is 82.3 Å². The van der Waals surface area contributed by atoms with E-state index in [1.165, 1.54) is 141 Å². The van der Waals surface area contributed by atoms with E-state index in [9.17, 15) is 19.5 Å². The summed E-state index contributed by atoms with van der Waals surface area (Å²) in [5.74, 6) is -2.39. The largest absolute Gasteiger partial charge is 0.545 e. The number of likely N-dealkylation sites (N-methyl/N-ethyl adjacent to an activating group) is 1. The number of esters is 2. The highest BCUT2D eigenvalue weighted by atomic mass is 16.7. The normalized spacial score (nSPS) is 13.5. The van der Waals surface area contributed by atoms with Crippen LogP contribution in [0.1, 0.15) is 258 Å². The summed E-state index contributed by atoms with van der Waals surface area (Å²) in [5, 5.41) is 11.8. The summed E-state index contributed by atoms with van der Waals surface area (Å²) in [6.45, 7) is 4.43. The molecule has 0 heterocycles. The van der Waals surface area contributed by atoms with E-state index in [1.807, 2.05) is 33.3 Å². The number of aliphatic carboxylic acids is 1. The monoisotopic (exact) mass is 1100 g/mol. The lowest BCUT2D eigenvalue weighted by Crippen LogP contribution is -2.44. The Morgan fingerprint density at radius 2 is 0.709 bits per heavy atom. The number of hydrogen-bond acceptors (Lipinski definition) is 8. The smallest absolute Gasteiger partial charge is 0.306 e. The van der Waals surface area contributed by atoms with Crippen LogP contribution in [0.2, 0.25) is 0 Å². The van der Waals surface area contributed by atoms with Crippen LogP contribution in [0.15, 0.2) is 109 Å². The van der Waals surface area contributed by atoms with Crippen LogP contribution in [0.5, 0.6) is 0 Å². The molecule has 9 nitrogen and oxygen atoms in total. The summed E-state index contributed by atoms with van der Waals surface area (Å²) in [7, 11) is 5.90. The predicted molar refractivity (Wildman–Crippen MR) is 333 cm³/mol. The van der Waals surface area contributed by atoms with Gasteiger partial charge in [-0.1, -0.05) is 271 Å². The molecule has 0 aromatic heterocycles. The zero-order valence-electron chi connectivity index (χ0n) is 51.5. The molecular weight excluding hydrogens is 983 g/mol. The summed E-state index contributed by atoms with van der Waals surface area (Å²) >= 11 is 0. The van der Waals surface area contributed by atoms with Crippen LogP contribution >= 0.6 is 0 Å². The second-order valence-electron chi connectivity index (χ2n) is 22.3. The number of carbonyl (C=O) groups excluding carboxylic acids is 3. The zero-order valence-corrected chi connectivity index (χ0v) is 51.5. The van der Waals surface area contributed by atoms with Crippen molar-refractivity contribution in [1.29, 1.82) is 0 Å². The lowest BCUT2D eigenvalue weighted by atomic mass is 10.0. The fourth-order valence-electron chi connectivity index (χ4n) is 8.70. The Hall–Kier alpha value is -4.05. The fourth-order valence-corrected chi connectivity index (χ4v) is 8.70. The second-order valence-corrected chi connectivity index (χ2v) is 22.3. The van der Waals surface area contributed by atoms with Gasteiger partial charge in [0.15, 0.2) is 12.4 Å². The minimum Gasteiger partial charge on any atom is -0.545 e. The third kappa shape index (κ3) is 61.4. The molecule has 0 fully saturated rings. The fraction of sp³-hybridized carbons (Fsp3) is 0.700. The first-order valence-corrected chi connectivity index (χ1v) is 32.0. The van der Waals surface area contributed by atoms with Gasteiger partial charge >= 0.3 is 11.9 Å². The molecule has 9 heteroatoms. The minimum atomic E-state index is -1.64. The van der Waals surface area contributed by atoms with Gasteiger partial charge in [-0.3, -0.25) is 9.59 Å². The van der Waals surface area contributed by atoms with Crippen LogP contribution in [0.3, 0.4) is 0 Å². The summed E-state index contributed by atoms with van der Waals surface area (Å²) in [6.07, 6.45) is 80.7. The van der Waals surface area contributed by atoms with Gasteiger partial charge in [0.1, 0.15) is 13.2 Å². The topological polar surface area (TPSA) is 111 Å². The maximum atomic E-state index is 12.9. The number of carboxylic acids is 1. The van der Waals surface area contributed by atoms with Crippen LogP contribution in [0.25, 0.3) is 0 Å². The Morgan fingerprint density at radius 1 is 0.380 bits per heavy atom. The van der Waals surface area contributed by atoms with Gasteiger partial charge in [-0.15, -0.1) is 0 Å². The quantitative estimate of drug-likeness (QED) is 0.0195. The van der Waals surface area contributed by atoms with Crippen LogP contribution < -0.4 is 5.11 Å². The Kier molecular flexibility index (Phi) is 57.0. The molecule has 0 N–H and O–H groups in total. The van der Waals surface area contributed by atoms with E-state index in [0.29, 0.717) is 23.9 Å². The molecule has 0 amide bonds. The maximum Gasteiger partial charge on any atom is 0.306 e. The number of carbonyl (C=O) groups is 3.